The third-order valence-electron chi connectivity index (χ3n) is 6.84. The number of nitrogens with zero attached hydrogens (tertiary/aromatic N) is 4. The lowest BCUT2D eigenvalue weighted by molar-refractivity contribution is 0.313. The maximum absolute atomic E-state index is 5.71. The Kier molecular flexibility index (Phi) is 6.04. The van der Waals surface area contributed by atoms with E-state index in [1.807, 2.05) is 30.3 Å². The summed E-state index contributed by atoms with van der Waals surface area (Å²) < 4.78 is 5.71. The summed E-state index contributed by atoms with van der Waals surface area (Å²) >= 11 is 0. The number of likely N-dealkylation sites (N-methyl/N-ethyl adjacent to an activating group) is 1. The molecular weight excluding hydrogens is 450 g/mol. The van der Waals surface area contributed by atoms with Crippen molar-refractivity contribution < 1.29 is 4.74 Å². The maximum Gasteiger partial charge on any atom is 0.138 e. The highest BCUT2D eigenvalue weighted by atomic mass is 16.5. The summed E-state index contributed by atoms with van der Waals surface area (Å²) in [5.74, 6) is 2.53. The lowest BCUT2D eigenvalue weighted by Gasteiger charge is -2.34. The van der Waals surface area contributed by atoms with Crippen molar-refractivity contribution in [2.75, 3.05) is 51.3 Å². The van der Waals surface area contributed by atoms with Crippen LogP contribution in [0, 0.1) is 0 Å². The van der Waals surface area contributed by atoms with Crippen molar-refractivity contribution in [2.24, 2.45) is 5.73 Å². The van der Waals surface area contributed by atoms with Gasteiger partial charge in [-0.25, -0.2) is 9.97 Å². The first-order valence-corrected chi connectivity index (χ1v) is 12.5. The van der Waals surface area contributed by atoms with E-state index in [0.29, 0.717) is 13.2 Å². The molecule has 8 heteroatoms. The molecule has 0 atom stereocenters. The van der Waals surface area contributed by atoms with E-state index in [9.17, 15) is 0 Å². The molecule has 0 bridgehead atoms. The summed E-state index contributed by atoms with van der Waals surface area (Å²) in [6.07, 6.45) is 0.844. The number of benzene rings is 3. The van der Waals surface area contributed by atoms with Crippen molar-refractivity contribution >= 4 is 27.8 Å². The van der Waals surface area contributed by atoms with Crippen molar-refractivity contribution in [3.63, 3.8) is 0 Å². The van der Waals surface area contributed by atoms with Crippen molar-refractivity contribution in [3.05, 3.63) is 60.7 Å². The lowest BCUT2D eigenvalue weighted by Crippen LogP contribution is -2.44. The van der Waals surface area contributed by atoms with E-state index in [1.54, 1.807) is 0 Å². The molecule has 1 saturated heterocycles. The summed E-state index contributed by atoms with van der Waals surface area (Å²) in [5, 5.41) is 0. The standard InChI is InChI=1S/C28H31N7O/c1-34-12-14-35(15-13-34)21-6-10-24-26(18-21)33-28(31-24)20-5-9-23-25(17-20)32-27(30-23)19-3-7-22(8-4-19)36-16-2-11-29/h3-10,17-18H,2,11-16,29H2,1H3,(H,30,32)(H,31,33). The quantitative estimate of drug-likeness (QED) is 0.301. The predicted octanol–water partition coefficient (Wildman–Crippen LogP) is 4.25. The van der Waals surface area contributed by atoms with Gasteiger partial charge in [0.1, 0.15) is 17.4 Å². The fourth-order valence-corrected chi connectivity index (χ4v) is 4.67. The zero-order chi connectivity index (χ0) is 24.5. The molecule has 2 aromatic heterocycles. The third kappa shape index (κ3) is 4.53. The Morgan fingerprint density at radius 1 is 0.806 bits per heavy atom. The molecule has 3 aromatic carbocycles. The summed E-state index contributed by atoms with van der Waals surface area (Å²) in [6, 6.07) is 20.7. The largest absolute Gasteiger partial charge is 0.494 e. The van der Waals surface area contributed by atoms with Gasteiger partial charge in [-0.15, -0.1) is 0 Å². The first-order valence-electron chi connectivity index (χ1n) is 12.5. The van der Waals surface area contributed by atoms with E-state index in [1.165, 1.54) is 5.69 Å². The van der Waals surface area contributed by atoms with Gasteiger partial charge in [-0.3, -0.25) is 0 Å². The molecule has 8 nitrogen and oxygen atoms in total. The van der Waals surface area contributed by atoms with Crippen LogP contribution in [-0.4, -0.2) is 71.2 Å². The minimum absolute atomic E-state index is 0.627. The normalized spacial score (nSPS) is 14.7. The SMILES string of the molecule is CN1CCN(c2ccc3[nH]c(-c4ccc5nc(-c6ccc(OCCCN)cc6)[nH]c5c4)nc3c2)CC1. The fraction of sp³-hybridized carbons (Fsp3) is 0.286. The monoisotopic (exact) mass is 481 g/mol. The first-order chi connectivity index (χ1) is 17.7. The number of nitrogens with one attached hydrogen (secondary N) is 2. The number of aromatic amines is 2. The van der Waals surface area contributed by atoms with E-state index >= 15 is 0 Å². The molecule has 0 saturated carbocycles. The topological polar surface area (TPSA) is 99.1 Å². The average Bonchev–Trinajstić information content (AvgIpc) is 3.53. The van der Waals surface area contributed by atoms with Gasteiger partial charge >= 0.3 is 0 Å². The van der Waals surface area contributed by atoms with Gasteiger partial charge in [-0.05, 0) is 80.7 Å². The number of ether oxygens (including phenoxy) is 1. The van der Waals surface area contributed by atoms with Crippen LogP contribution in [0.4, 0.5) is 5.69 Å². The van der Waals surface area contributed by atoms with Crippen LogP contribution in [0.1, 0.15) is 6.42 Å². The third-order valence-corrected chi connectivity index (χ3v) is 6.84. The minimum atomic E-state index is 0.627. The second-order valence-electron chi connectivity index (χ2n) is 9.41. The van der Waals surface area contributed by atoms with Crippen LogP contribution in [-0.2, 0) is 0 Å². The number of H-pyrrole nitrogens is 2. The van der Waals surface area contributed by atoms with E-state index in [4.69, 9.17) is 20.4 Å². The first kappa shape index (κ1) is 22.6. The van der Waals surface area contributed by atoms with E-state index in [-0.39, 0.29) is 0 Å². The maximum atomic E-state index is 5.71. The van der Waals surface area contributed by atoms with Gasteiger partial charge in [0, 0.05) is 43.0 Å². The molecule has 3 heterocycles. The van der Waals surface area contributed by atoms with Crippen LogP contribution in [0.3, 0.4) is 0 Å². The average molecular weight is 482 g/mol. The molecule has 0 radical (unpaired) electrons. The van der Waals surface area contributed by atoms with Crippen molar-refractivity contribution in [3.8, 4) is 28.5 Å². The van der Waals surface area contributed by atoms with Crippen LogP contribution in [0.25, 0.3) is 44.8 Å². The van der Waals surface area contributed by atoms with Crippen molar-refractivity contribution in [2.45, 2.75) is 6.42 Å². The number of imidazole rings is 2. The second-order valence-corrected chi connectivity index (χ2v) is 9.41. The van der Waals surface area contributed by atoms with Crippen molar-refractivity contribution in [1.29, 1.82) is 0 Å². The molecule has 0 unspecified atom stereocenters. The summed E-state index contributed by atoms with van der Waals surface area (Å²) in [4.78, 5) is 21.4. The van der Waals surface area contributed by atoms with Crippen LogP contribution in [0.15, 0.2) is 60.7 Å². The van der Waals surface area contributed by atoms with Gasteiger partial charge < -0.3 is 30.2 Å². The zero-order valence-corrected chi connectivity index (χ0v) is 20.5. The Hall–Kier alpha value is -3.88. The van der Waals surface area contributed by atoms with Gasteiger partial charge in [0.25, 0.3) is 0 Å². The summed E-state index contributed by atoms with van der Waals surface area (Å²) in [7, 11) is 2.18. The lowest BCUT2D eigenvalue weighted by atomic mass is 10.2. The molecule has 184 valence electrons. The number of fused-ring (bicyclic) bond motifs is 2. The zero-order valence-electron chi connectivity index (χ0n) is 20.5. The molecule has 1 aliphatic rings. The molecule has 36 heavy (non-hydrogen) atoms. The van der Waals surface area contributed by atoms with E-state index < -0.39 is 0 Å². The number of hydrogen-bond acceptors (Lipinski definition) is 6. The van der Waals surface area contributed by atoms with Crippen LogP contribution < -0.4 is 15.4 Å². The van der Waals surface area contributed by atoms with E-state index in [2.05, 4.69) is 57.1 Å². The molecule has 0 amide bonds. The Bertz CT molecular complexity index is 1480. The smallest absolute Gasteiger partial charge is 0.138 e. The van der Waals surface area contributed by atoms with Crippen LogP contribution in [0.5, 0.6) is 5.75 Å². The van der Waals surface area contributed by atoms with Gasteiger partial charge in [-0.1, -0.05) is 0 Å². The number of nitrogens with two attached hydrogens (primary N) is 1. The molecule has 0 aliphatic carbocycles. The Labute approximate surface area is 210 Å². The van der Waals surface area contributed by atoms with Crippen molar-refractivity contribution in [1.82, 2.24) is 24.8 Å². The Morgan fingerprint density at radius 3 is 2.33 bits per heavy atom. The molecular formula is C28H31N7O. The number of rotatable bonds is 7. The van der Waals surface area contributed by atoms with E-state index in [0.717, 1.165) is 83.2 Å². The van der Waals surface area contributed by atoms with Gasteiger partial charge in [0.15, 0.2) is 0 Å². The van der Waals surface area contributed by atoms with Gasteiger partial charge in [0.2, 0.25) is 0 Å². The highest BCUT2D eigenvalue weighted by molar-refractivity contribution is 5.87. The molecule has 5 aromatic rings. The van der Waals surface area contributed by atoms with Gasteiger partial charge in [-0.2, -0.15) is 0 Å². The molecule has 1 fully saturated rings. The van der Waals surface area contributed by atoms with Crippen LogP contribution in [0.2, 0.25) is 0 Å². The number of hydrogen-bond donors (Lipinski definition) is 3. The Balaban J connectivity index is 1.23. The summed E-state index contributed by atoms with van der Waals surface area (Å²) in [6.45, 7) is 5.52. The minimum Gasteiger partial charge on any atom is -0.494 e. The predicted molar refractivity (Wildman–Crippen MR) is 145 cm³/mol. The highest BCUT2D eigenvalue weighted by Gasteiger charge is 2.16. The number of aromatic nitrogens is 4. The van der Waals surface area contributed by atoms with Gasteiger partial charge in [0.05, 0.1) is 28.7 Å². The Morgan fingerprint density at radius 2 is 1.53 bits per heavy atom. The molecule has 6 rings (SSSR count). The summed E-state index contributed by atoms with van der Waals surface area (Å²) in [5.41, 5.74) is 12.7. The number of anilines is 1. The molecule has 0 spiro atoms. The van der Waals surface area contributed by atoms with Crippen LogP contribution >= 0.6 is 0 Å². The molecule has 4 N–H and O–H groups in total. The second kappa shape index (κ2) is 9.64. The highest BCUT2D eigenvalue weighted by Crippen LogP contribution is 2.28. The molecule has 1 aliphatic heterocycles. The fourth-order valence-electron chi connectivity index (χ4n) is 4.67. The number of piperazine rings is 1.